The first-order valence-corrected chi connectivity index (χ1v) is 7.04. The molecule has 17 heavy (non-hydrogen) atoms. The van der Waals surface area contributed by atoms with Crippen molar-refractivity contribution in [2.24, 2.45) is 17.3 Å². The Bertz CT molecular complexity index is 252. The molecule has 1 fully saturated rings. The third kappa shape index (κ3) is 4.33. The van der Waals surface area contributed by atoms with Crippen LogP contribution in [0.5, 0.6) is 0 Å². The molecule has 0 amide bonds. The zero-order chi connectivity index (χ0) is 13.1. The van der Waals surface area contributed by atoms with Gasteiger partial charge in [-0.05, 0) is 42.9 Å². The largest absolute Gasteiger partial charge is 0.462 e. The Morgan fingerprint density at radius 2 is 1.94 bits per heavy atom. The van der Waals surface area contributed by atoms with Gasteiger partial charge in [-0.2, -0.15) is 0 Å². The highest BCUT2D eigenvalue weighted by Gasteiger charge is 2.35. The molecule has 0 aliphatic heterocycles. The topological polar surface area (TPSA) is 26.3 Å². The van der Waals surface area contributed by atoms with Gasteiger partial charge in [0.05, 0.1) is 0 Å². The summed E-state index contributed by atoms with van der Waals surface area (Å²) in [6.07, 6.45) is 5.02. The predicted molar refractivity (Wildman–Crippen MR) is 70.7 cm³/mol. The summed E-state index contributed by atoms with van der Waals surface area (Å²) in [5, 5.41) is 0. The Morgan fingerprint density at radius 1 is 1.29 bits per heavy atom. The van der Waals surface area contributed by atoms with E-state index in [4.69, 9.17) is 4.74 Å². The van der Waals surface area contributed by atoms with Crippen molar-refractivity contribution in [1.82, 2.24) is 0 Å². The van der Waals surface area contributed by atoms with Crippen LogP contribution >= 0.6 is 0 Å². The summed E-state index contributed by atoms with van der Waals surface area (Å²) in [6.45, 7) is 11.2. The molecule has 0 bridgehead atoms. The quantitative estimate of drug-likeness (QED) is 0.692. The summed E-state index contributed by atoms with van der Waals surface area (Å²) in [5.41, 5.74) is 0.382. The van der Waals surface area contributed by atoms with Gasteiger partial charge in [-0.3, -0.25) is 4.79 Å². The number of hydrogen-bond acceptors (Lipinski definition) is 2. The fraction of sp³-hybridized carbons (Fsp3) is 0.933. The first-order chi connectivity index (χ1) is 7.84. The lowest BCUT2D eigenvalue weighted by Gasteiger charge is -2.40. The van der Waals surface area contributed by atoms with Crippen LogP contribution in [0.1, 0.15) is 66.7 Å². The van der Waals surface area contributed by atoms with Gasteiger partial charge in [-0.15, -0.1) is 0 Å². The molecule has 0 heterocycles. The van der Waals surface area contributed by atoms with Crippen molar-refractivity contribution in [3.05, 3.63) is 0 Å². The Morgan fingerprint density at radius 3 is 2.41 bits per heavy atom. The van der Waals surface area contributed by atoms with Gasteiger partial charge < -0.3 is 4.74 Å². The lowest BCUT2D eigenvalue weighted by Crippen LogP contribution is -2.36. The van der Waals surface area contributed by atoms with Gasteiger partial charge in [0, 0.05) is 6.42 Å². The summed E-state index contributed by atoms with van der Waals surface area (Å²) < 4.78 is 5.57. The second-order valence-electron chi connectivity index (χ2n) is 6.63. The van der Waals surface area contributed by atoms with Crippen molar-refractivity contribution in [3.63, 3.8) is 0 Å². The smallest absolute Gasteiger partial charge is 0.306 e. The molecule has 0 aromatic carbocycles. The minimum Gasteiger partial charge on any atom is -0.462 e. The monoisotopic (exact) mass is 240 g/mol. The third-order valence-electron chi connectivity index (χ3n) is 4.05. The highest BCUT2D eigenvalue weighted by Crippen LogP contribution is 2.41. The highest BCUT2D eigenvalue weighted by molar-refractivity contribution is 5.69. The zero-order valence-corrected chi connectivity index (χ0v) is 12.1. The van der Waals surface area contributed by atoms with E-state index in [0.29, 0.717) is 17.8 Å². The molecule has 0 N–H and O–H groups in total. The highest BCUT2D eigenvalue weighted by atomic mass is 16.5. The Balaban J connectivity index is 2.45. The Labute approximate surface area is 106 Å². The average molecular weight is 240 g/mol. The Hall–Kier alpha value is -0.530. The maximum Gasteiger partial charge on any atom is 0.306 e. The van der Waals surface area contributed by atoms with Crippen molar-refractivity contribution in [1.29, 1.82) is 0 Å². The second kappa shape index (κ2) is 5.88. The molecule has 1 saturated carbocycles. The van der Waals surface area contributed by atoms with Gasteiger partial charge in [0.2, 0.25) is 0 Å². The van der Waals surface area contributed by atoms with Crippen molar-refractivity contribution >= 4 is 5.97 Å². The Kier molecular flexibility index (Phi) is 5.03. The molecule has 100 valence electrons. The van der Waals surface area contributed by atoms with E-state index in [1.54, 1.807) is 0 Å². The first kappa shape index (κ1) is 14.5. The number of carbonyl (C=O) groups excluding carboxylic acids is 1. The lowest BCUT2D eigenvalue weighted by molar-refractivity contribution is -0.154. The summed E-state index contributed by atoms with van der Waals surface area (Å²) in [4.78, 5) is 11.5. The van der Waals surface area contributed by atoms with Gasteiger partial charge in [0.1, 0.15) is 6.10 Å². The van der Waals surface area contributed by atoms with Crippen molar-refractivity contribution < 1.29 is 9.53 Å². The molecule has 1 aliphatic rings. The van der Waals surface area contributed by atoms with Crippen LogP contribution in [-0.2, 0) is 9.53 Å². The predicted octanol–water partition coefficient (Wildman–Crippen LogP) is 4.18. The van der Waals surface area contributed by atoms with E-state index in [9.17, 15) is 4.79 Å². The molecule has 3 unspecified atom stereocenters. The summed E-state index contributed by atoms with van der Waals surface area (Å²) >= 11 is 0. The molecule has 0 saturated heterocycles. The fourth-order valence-corrected chi connectivity index (χ4v) is 2.76. The lowest BCUT2D eigenvalue weighted by atomic mass is 9.68. The number of hydrogen-bond donors (Lipinski definition) is 0. The van der Waals surface area contributed by atoms with Gasteiger partial charge in [-0.25, -0.2) is 0 Å². The molecule has 0 aromatic heterocycles. The van der Waals surface area contributed by atoms with Gasteiger partial charge in [-0.1, -0.05) is 34.6 Å². The summed E-state index contributed by atoms with van der Waals surface area (Å²) in [5.74, 6) is 1.26. The number of ether oxygens (including phenoxy) is 1. The molecule has 1 aliphatic carbocycles. The van der Waals surface area contributed by atoms with E-state index in [1.807, 2.05) is 6.92 Å². The minimum absolute atomic E-state index is 0.0152. The first-order valence-electron chi connectivity index (χ1n) is 7.04. The van der Waals surface area contributed by atoms with E-state index in [2.05, 4.69) is 27.7 Å². The van der Waals surface area contributed by atoms with Crippen LogP contribution in [0.3, 0.4) is 0 Å². The molecule has 1 rings (SSSR count). The maximum absolute atomic E-state index is 11.5. The number of esters is 1. The average Bonchev–Trinajstić information content (AvgIpc) is 2.20. The molecule has 3 atom stereocenters. The van der Waals surface area contributed by atoms with E-state index in [-0.39, 0.29) is 12.1 Å². The molecule has 2 heteroatoms. The van der Waals surface area contributed by atoms with Crippen molar-refractivity contribution in [3.8, 4) is 0 Å². The van der Waals surface area contributed by atoms with Crippen LogP contribution in [-0.4, -0.2) is 12.1 Å². The molecular formula is C15H28O2. The van der Waals surface area contributed by atoms with Crippen molar-refractivity contribution in [2.75, 3.05) is 0 Å². The van der Waals surface area contributed by atoms with Gasteiger partial charge in [0.25, 0.3) is 0 Å². The van der Waals surface area contributed by atoms with E-state index in [0.717, 1.165) is 18.8 Å². The van der Waals surface area contributed by atoms with Gasteiger partial charge in [0.15, 0.2) is 0 Å². The molecular weight excluding hydrogens is 212 g/mol. The van der Waals surface area contributed by atoms with Crippen LogP contribution < -0.4 is 0 Å². The molecule has 0 spiro atoms. The molecule has 0 aromatic rings. The number of rotatable bonds is 3. The molecule has 0 radical (unpaired) electrons. The minimum atomic E-state index is -0.0152. The maximum atomic E-state index is 11.5. The second-order valence-corrected chi connectivity index (χ2v) is 6.63. The SMILES string of the molecule is CCCC(=O)OC1CCC(C(C)(C)C)CC1C. The van der Waals surface area contributed by atoms with E-state index in [1.165, 1.54) is 12.8 Å². The van der Waals surface area contributed by atoms with Crippen LogP contribution in [0.15, 0.2) is 0 Å². The zero-order valence-electron chi connectivity index (χ0n) is 12.1. The fourth-order valence-electron chi connectivity index (χ4n) is 2.76. The third-order valence-corrected chi connectivity index (χ3v) is 4.05. The summed E-state index contributed by atoms with van der Waals surface area (Å²) in [7, 11) is 0. The standard InChI is InChI=1S/C15H28O2/c1-6-7-14(16)17-13-9-8-12(10-11(13)2)15(3,4)5/h11-13H,6-10H2,1-5H3. The summed E-state index contributed by atoms with van der Waals surface area (Å²) in [6, 6.07) is 0. The van der Waals surface area contributed by atoms with E-state index < -0.39 is 0 Å². The van der Waals surface area contributed by atoms with Crippen LogP contribution in [0.4, 0.5) is 0 Å². The van der Waals surface area contributed by atoms with Crippen LogP contribution in [0.2, 0.25) is 0 Å². The van der Waals surface area contributed by atoms with Gasteiger partial charge >= 0.3 is 5.97 Å². The van der Waals surface area contributed by atoms with Crippen LogP contribution in [0, 0.1) is 17.3 Å². The normalized spacial score (nSPS) is 30.1. The van der Waals surface area contributed by atoms with Crippen LogP contribution in [0.25, 0.3) is 0 Å². The molecule has 2 nitrogen and oxygen atoms in total. The van der Waals surface area contributed by atoms with E-state index >= 15 is 0 Å². The number of carbonyl (C=O) groups is 1. The van der Waals surface area contributed by atoms with Crippen molar-refractivity contribution in [2.45, 2.75) is 72.8 Å².